The summed E-state index contributed by atoms with van der Waals surface area (Å²) in [5, 5.41) is 4.85. The Labute approximate surface area is 294 Å². The Balaban J connectivity index is 1.08. The van der Waals surface area contributed by atoms with Crippen LogP contribution in [0.2, 0.25) is 0 Å². The van der Waals surface area contributed by atoms with Crippen molar-refractivity contribution in [3.8, 4) is 56.4 Å². The van der Waals surface area contributed by atoms with Gasteiger partial charge in [0.2, 0.25) is 0 Å². The zero-order valence-corrected chi connectivity index (χ0v) is 28.5. The van der Waals surface area contributed by atoms with Gasteiger partial charge in [0.25, 0.3) is 0 Å². The van der Waals surface area contributed by atoms with Gasteiger partial charge in [0.15, 0.2) is 0 Å². The SMILES string of the molecule is c1ccc(-c2ccc(-c3nc(-c4ccc(-c5ccc6c(c5)oc5ccccc56)cc4)nc(-c4cccc5c4[se]c4ccccc45)n3)cc2)cc1. The molecule has 0 unspecified atom stereocenters. The van der Waals surface area contributed by atoms with Gasteiger partial charge in [0.1, 0.15) is 5.58 Å². The van der Waals surface area contributed by atoms with Crippen molar-refractivity contribution in [1.29, 1.82) is 0 Å². The van der Waals surface area contributed by atoms with Crippen LogP contribution in [0, 0.1) is 0 Å². The molecular weight excluding hydrogens is 677 g/mol. The maximum absolute atomic E-state index is 6.18. The van der Waals surface area contributed by atoms with Crippen LogP contribution in [-0.4, -0.2) is 29.5 Å². The van der Waals surface area contributed by atoms with Crippen LogP contribution in [0.3, 0.4) is 0 Å². The van der Waals surface area contributed by atoms with E-state index in [0.717, 1.165) is 55.3 Å². The molecule has 3 heterocycles. The number of para-hydroxylation sites is 1. The molecule has 0 bridgehead atoms. The maximum atomic E-state index is 6.18. The Hall–Kier alpha value is -6.13. The molecule has 0 saturated carbocycles. The van der Waals surface area contributed by atoms with Gasteiger partial charge in [-0.1, -0.05) is 24.3 Å². The van der Waals surface area contributed by atoms with Crippen molar-refractivity contribution in [3.05, 3.63) is 164 Å². The minimum absolute atomic E-state index is 0.162. The van der Waals surface area contributed by atoms with E-state index >= 15 is 0 Å². The van der Waals surface area contributed by atoms with E-state index in [2.05, 4.69) is 140 Å². The monoisotopic (exact) mass is 705 g/mol. The molecule has 0 aliphatic heterocycles. The van der Waals surface area contributed by atoms with E-state index in [-0.39, 0.29) is 14.5 Å². The number of furan rings is 1. The molecule has 0 fully saturated rings. The molecule has 0 radical (unpaired) electrons. The van der Waals surface area contributed by atoms with Gasteiger partial charge >= 0.3 is 244 Å². The average Bonchev–Trinajstić information content (AvgIpc) is 3.76. The third-order valence-corrected chi connectivity index (χ3v) is 11.9. The van der Waals surface area contributed by atoms with Crippen molar-refractivity contribution in [2.75, 3.05) is 0 Å². The van der Waals surface area contributed by atoms with Crippen molar-refractivity contribution in [1.82, 2.24) is 15.0 Å². The van der Waals surface area contributed by atoms with E-state index in [4.69, 9.17) is 19.4 Å². The summed E-state index contributed by atoms with van der Waals surface area (Å²) in [6, 6.07) is 57.2. The summed E-state index contributed by atoms with van der Waals surface area (Å²) in [6.07, 6.45) is 0. The van der Waals surface area contributed by atoms with Crippen molar-refractivity contribution < 1.29 is 4.42 Å². The Morgan fingerprint density at radius 2 is 0.900 bits per heavy atom. The van der Waals surface area contributed by atoms with Crippen LogP contribution in [-0.2, 0) is 0 Å². The molecule has 0 saturated heterocycles. The molecule has 0 atom stereocenters. The van der Waals surface area contributed by atoms with Gasteiger partial charge in [-0.15, -0.1) is 0 Å². The summed E-state index contributed by atoms with van der Waals surface area (Å²) in [6.45, 7) is 0. The zero-order valence-electron chi connectivity index (χ0n) is 26.7. The Morgan fingerprint density at radius 3 is 1.66 bits per heavy atom. The molecule has 10 aromatic rings. The van der Waals surface area contributed by atoms with Crippen molar-refractivity contribution >= 4 is 55.7 Å². The van der Waals surface area contributed by atoms with Crippen LogP contribution >= 0.6 is 0 Å². The zero-order chi connectivity index (χ0) is 33.0. The van der Waals surface area contributed by atoms with Crippen molar-refractivity contribution in [2.45, 2.75) is 0 Å². The first kappa shape index (κ1) is 28.8. The molecule has 4 nitrogen and oxygen atoms in total. The molecule has 3 aromatic heterocycles. The predicted molar refractivity (Wildman–Crippen MR) is 206 cm³/mol. The molecule has 0 aliphatic carbocycles. The summed E-state index contributed by atoms with van der Waals surface area (Å²) in [4.78, 5) is 15.3. The number of rotatable bonds is 5. The Morgan fingerprint density at radius 1 is 0.360 bits per heavy atom. The number of aromatic nitrogens is 3. The van der Waals surface area contributed by atoms with Gasteiger partial charge in [0, 0.05) is 10.8 Å². The van der Waals surface area contributed by atoms with E-state index in [1.165, 1.54) is 24.9 Å². The van der Waals surface area contributed by atoms with Gasteiger partial charge in [-0.2, -0.15) is 0 Å². The second-order valence-corrected chi connectivity index (χ2v) is 14.6. The first-order valence-corrected chi connectivity index (χ1v) is 18.3. The summed E-state index contributed by atoms with van der Waals surface area (Å²) in [5.41, 5.74) is 9.28. The van der Waals surface area contributed by atoms with Crippen LogP contribution in [0.15, 0.2) is 168 Å². The normalized spacial score (nSPS) is 11.6. The standard InChI is InChI=1S/C45H27N3OSe/c1-2-9-28(10-3-1)29-17-21-31(22-18-29)43-46-44(48-45(47-43)38-14-8-13-37-36-12-5-7-16-41(36)50-42(37)38)32-23-19-30(20-24-32)33-25-26-35-34-11-4-6-15-39(34)49-40(35)27-33/h1-27H. The minimum atomic E-state index is 0.162. The van der Waals surface area contributed by atoms with Crippen LogP contribution in [0.5, 0.6) is 0 Å². The fourth-order valence-corrected chi connectivity index (χ4v) is 9.38. The van der Waals surface area contributed by atoms with Crippen molar-refractivity contribution in [3.63, 3.8) is 0 Å². The average molecular weight is 705 g/mol. The molecular formula is C45H27N3OSe. The van der Waals surface area contributed by atoms with Gasteiger partial charge < -0.3 is 4.42 Å². The van der Waals surface area contributed by atoms with E-state index < -0.39 is 0 Å². The number of hydrogen-bond donors (Lipinski definition) is 0. The molecule has 5 heteroatoms. The van der Waals surface area contributed by atoms with Crippen LogP contribution in [0.25, 0.3) is 97.6 Å². The Kier molecular flexibility index (Phi) is 6.80. The quantitative estimate of drug-likeness (QED) is 0.167. The summed E-state index contributed by atoms with van der Waals surface area (Å²) in [7, 11) is 0. The van der Waals surface area contributed by atoms with E-state index in [9.17, 15) is 0 Å². The molecule has 0 aliphatic rings. The van der Waals surface area contributed by atoms with Gasteiger partial charge in [-0.05, 0) is 6.07 Å². The van der Waals surface area contributed by atoms with E-state index in [1.807, 2.05) is 24.3 Å². The number of nitrogens with zero attached hydrogens (tertiary/aromatic N) is 3. The number of fused-ring (bicyclic) bond motifs is 6. The molecule has 234 valence electrons. The molecule has 0 amide bonds. The first-order valence-electron chi connectivity index (χ1n) is 16.6. The second kappa shape index (κ2) is 11.8. The topological polar surface area (TPSA) is 51.8 Å². The molecule has 10 rings (SSSR count). The summed E-state index contributed by atoms with van der Waals surface area (Å²) < 4.78 is 8.89. The van der Waals surface area contributed by atoms with Gasteiger partial charge in [-0.25, -0.2) is 0 Å². The number of hydrogen-bond acceptors (Lipinski definition) is 4. The molecule has 0 N–H and O–H groups in total. The van der Waals surface area contributed by atoms with Crippen molar-refractivity contribution in [2.24, 2.45) is 0 Å². The summed E-state index contributed by atoms with van der Waals surface area (Å²) in [5.74, 6) is 2.00. The van der Waals surface area contributed by atoms with E-state index in [0.29, 0.717) is 17.5 Å². The van der Waals surface area contributed by atoms with Crippen LogP contribution in [0.4, 0.5) is 0 Å². The number of benzene rings is 7. The van der Waals surface area contributed by atoms with Crippen LogP contribution in [0.1, 0.15) is 0 Å². The third-order valence-electron chi connectivity index (χ3n) is 9.39. The molecule has 0 spiro atoms. The fourth-order valence-electron chi connectivity index (χ4n) is 6.84. The second-order valence-electron chi connectivity index (χ2n) is 12.4. The fraction of sp³-hybridized carbons (Fsp3) is 0. The van der Waals surface area contributed by atoms with Crippen LogP contribution < -0.4 is 0 Å². The van der Waals surface area contributed by atoms with E-state index in [1.54, 1.807) is 0 Å². The predicted octanol–water partition coefficient (Wildman–Crippen LogP) is 11.5. The molecule has 50 heavy (non-hydrogen) atoms. The molecule has 7 aromatic carbocycles. The Bertz CT molecular complexity index is 2850. The summed E-state index contributed by atoms with van der Waals surface area (Å²) >= 11 is 0.162. The van der Waals surface area contributed by atoms with Gasteiger partial charge in [-0.3, -0.25) is 0 Å². The third kappa shape index (κ3) is 4.95. The first-order chi connectivity index (χ1) is 24.7. The van der Waals surface area contributed by atoms with Gasteiger partial charge in [0.05, 0.1) is 0 Å².